The second kappa shape index (κ2) is 9.53. The van der Waals surface area contributed by atoms with Crippen LogP contribution in [0.1, 0.15) is 27.9 Å². The maximum absolute atomic E-state index is 12.6. The molecule has 0 atom stereocenters. The van der Waals surface area contributed by atoms with Crippen molar-refractivity contribution in [2.24, 2.45) is 0 Å². The zero-order valence-electron chi connectivity index (χ0n) is 16.7. The molecular weight excluding hydrogens is 400 g/mol. The predicted molar refractivity (Wildman–Crippen MR) is 116 cm³/mol. The average molecular weight is 420 g/mol. The quantitative estimate of drug-likeness (QED) is 0.505. The Labute approximate surface area is 177 Å². The van der Waals surface area contributed by atoms with Gasteiger partial charge in [0.1, 0.15) is 11.8 Å². The van der Waals surface area contributed by atoms with E-state index in [4.69, 9.17) is 9.52 Å². The first-order valence-electron chi connectivity index (χ1n) is 9.45. The minimum atomic E-state index is -0.997. The fraction of sp³-hybridized carbons (Fsp3) is 0.130. The summed E-state index contributed by atoms with van der Waals surface area (Å²) >= 11 is 0. The van der Waals surface area contributed by atoms with Crippen molar-refractivity contribution in [3.8, 4) is 0 Å². The van der Waals surface area contributed by atoms with Crippen molar-refractivity contribution in [1.82, 2.24) is 5.32 Å². The van der Waals surface area contributed by atoms with Gasteiger partial charge in [0.2, 0.25) is 5.91 Å². The lowest BCUT2D eigenvalue weighted by atomic mass is 10.1. The van der Waals surface area contributed by atoms with E-state index in [0.29, 0.717) is 22.2 Å². The maximum Gasteiger partial charge on any atom is 0.305 e. The molecule has 0 saturated carbocycles. The van der Waals surface area contributed by atoms with Crippen LogP contribution < -0.4 is 16.1 Å². The predicted octanol–water partition coefficient (Wildman–Crippen LogP) is 2.96. The molecule has 31 heavy (non-hydrogen) atoms. The Bertz CT molecular complexity index is 1230. The first-order valence-corrected chi connectivity index (χ1v) is 9.45. The van der Waals surface area contributed by atoms with E-state index >= 15 is 0 Å². The highest BCUT2D eigenvalue weighted by atomic mass is 16.4. The number of hydrogen-bond donors (Lipinski definition) is 3. The molecule has 3 rings (SSSR count). The fourth-order valence-electron chi connectivity index (χ4n) is 2.81. The van der Waals surface area contributed by atoms with E-state index in [1.54, 1.807) is 24.3 Å². The van der Waals surface area contributed by atoms with Crippen LogP contribution in [0.2, 0.25) is 0 Å². The van der Waals surface area contributed by atoms with Crippen LogP contribution in [0.5, 0.6) is 0 Å². The summed E-state index contributed by atoms with van der Waals surface area (Å²) in [5.74, 6) is -1.86. The van der Waals surface area contributed by atoms with E-state index in [1.165, 1.54) is 30.5 Å². The number of aryl methyl sites for hydroxylation is 1. The van der Waals surface area contributed by atoms with E-state index in [-0.39, 0.29) is 24.0 Å². The lowest BCUT2D eigenvalue weighted by Gasteiger charge is -2.06. The average Bonchev–Trinajstić information content (AvgIpc) is 2.74. The van der Waals surface area contributed by atoms with Crippen LogP contribution in [0, 0.1) is 6.92 Å². The number of hydrogen-bond acceptors (Lipinski definition) is 5. The number of carbonyl (C=O) groups is 3. The molecule has 3 aromatic rings. The summed E-state index contributed by atoms with van der Waals surface area (Å²) in [4.78, 5) is 47.1. The Morgan fingerprint density at radius 2 is 1.84 bits per heavy atom. The number of amides is 2. The van der Waals surface area contributed by atoms with Gasteiger partial charge < -0.3 is 20.2 Å². The highest BCUT2D eigenvalue weighted by Gasteiger charge is 2.08. The molecule has 8 heteroatoms. The van der Waals surface area contributed by atoms with E-state index in [1.807, 2.05) is 13.0 Å². The SMILES string of the molecule is Cc1ccc2occ(/C=C/C(=O)Nc3ccc(C(=O)NCCC(=O)O)cc3)c(=O)c2c1. The van der Waals surface area contributed by atoms with Crippen molar-refractivity contribution < 1.29 is 23.9 Å². The maximum atomic E-state index is 12.6. The largest absolute Gasteiger partial charge is 0.481 e. The number of carbonyl (C=O) groups excluding carboxylic acids is 2. The van der Waals surface area contributed by atoms with Gasteiger partial charge in [-0.15, -0.1) is 0 Å². The molecule has 2 aromatic carbocycles. The number of carboxylic acid groups (broad SMARTS) is 1. The third-order valence-corrected chi connectivity index (χ3v) is 4.41. The highest BCUT2D eigenvalue weighted by molar-refractivity contribution is 6.02. The Balaban J connectivity index is 1.63. The van der Waals surface area contributed by atoms with Gasteiger partial charge in [-0.2, -0.15) is 0 Å². The standard InChI is InChI=1S/C23H20N2O6/c1-14-2-8-19-18(12-14)22(29)16(13-31-19)5-9-20(26)25-17-6-3-15(4-7-17)23(30)24-11-10-21(27)28/h2-9,12-13H,10-11H2,1H3,(H,24,30)(H,25,26)(H,27,28)/b9-5+. The number of rotatable bonds is 7. The smallest absolute Gasteiger partial charge is 0.305 e. The van der Waals surface area contributed by atoms with Crippen LogP contribution in [0.3, 0.4) is 0 Å². The van der Waals surface area contributed by atoms with Crippen molar-refractivity contribution in [2.45, 2.75) is 13.3 Å². The van der Waals surface area contributed by atoms with Gasteiger partial charge in [0, 0.05) is 23.9 Å². The van der Waals surface area contributed by atoms with Crippen LogP contribution in [-0.2, 0) is 9.59 Å². The molecule has 0 aliphatic heterocycles. The lowest BCUT2D eigenvalue weighted by Crippen LogP contribution is -2.25. The summed E-state index contributed by atoms with van der Waals surface area (Å²) in [5.41, 5.74) is 2.22. The molecule has 0 radical (unpaired) electrons. The molecule has 158 valence electrons. The van der Waals surface area contributed by atoms with E-state index in [2.05, 4.69) is 10.6 Å². The van der Waals surface area contributed by atoms with Crippen molar-refractivity contribution in [2.75, 3.05) is 11.9 Å². The van der Waals surface area contributed by atoms with E-state index < -0.39 is 17.8 Å². The van der Waals surface area contributed by atoms with Gasteiger partial charge >= 0.3 is 5.97 Å². The zero-order valence-corrected chi connectivity index (χ0v) is 16.7. The molecule has 2 amide bonds. The molecule has 8 nitrogen and oxygen atoms in total. The third kappa shape index (κ3) is 5.66. The van der Waals surface area contributed by atoms with Gasteiger partial charge in [0.05, 0.1) is 17.4 Å². The van der Waals surface area contributed by atoms with Crippen molar-refractivity contribution in [3.05, 3.63) is 81.7 Å². The third-order valence-electron chi connectivity index (χ3n) is 4.41. The monoisotopic (exact) mass is 420 g/mol. The Morgan fingerprint density at radius 3 is 2.55 bits per heavy atom. The Hall–Kier alpha value is -4.20. The number of benzene rings is 2. The van der Waals surface area contributed by atoms with Crippen molar-refractivity contribution in [1.29, 1.82) is 0 Å². The molecule has 0 bridgehead atoms. The van der Waals surface area contributed by atoms with Crippen LogP contribution in [-0.4, -0.2) is 29.4 Å². The first-order chi connectivity index (χ1) is 14.8. The minimum Gasteiger partial charge on any atom is -0.481 e. The number of carboxylic acids is 1. The summed E-state index contributed by atoms with van der Waals surface area (Å²) in [5, 5.41) is 14.2. The van der Waals surface area contributed by atoms with E-state index in [9.17, 15) is 19.2 Å². The molecule has 0 unspecified atom stereocenters. The first kappa shape index (κ1) is 21.5. The number of fused-ring (bicyclic) bond motifs is 1. The molecule has 0 spiro atoms. The summed E-state index contributed by atoms with van der Waals surface area (Å²) < 4.78 is 5.45. The molecular formula is C23H20N2O6. The van der Waals surface area contributed by atoms with Gasteiger partial charge in [-0.05, 0) is 49.4 Å². The molecule has 3 N–H and O–H groups in total. The zero-order chi connectivity index (χ0) is 22.4. The number of anilines is 1. The summed E-state index contributed by atoms with van der Waals surface area (Å²) in [6.45, 7) is 1.90. The second-order valence-electron chi connectivity index (χ2n) is 6.82. The fourth-order valence-corrected chi connectivity index (χ4v) is 2.81. The molecule has 1 aromatic heterocycles. The Morgan fingerprint density at radius 1 is 1.10 bits per heavy atom. The van der Waals surface area contributed by atoms with Gasteiger partial charge in [0.15, 0.2) is 5.43 Å². The summed E-state index contributed by atoms with van der Waals surface area (Å²) in [6.07, 6.45) is 3.75. The van der Waals surface area contributed by atoms with Crippen molar-refractivity contribution in [3.63, 3.8) is 0 Å². The lowest BCUT2D eigenvalue weighted by molar-refractivity contribution is -0.136. The summed E-state index contributed by atoms with van der Waals surface area (Å²) in [7, 11) is 0. The van der Waals surface area contributed by atoms with Crippen LogP contribution >= 0.6 is 0 Å². The molecule has 0 fully saturated rings. The summed E-state index contributed by atoms with van der Waals surface area (Å²) in [6, 6.07) is 11.4. The van der Waals surface area contributed by atoms with Gasteiger partial charge in [-0.1, -0.05) is 11.6 Å². The van der Waals surface area contributed by atoms with Crippen molar-refractivity contribution >= 4 is 40.5 Å². The van der Waals surface area contributed by atoms with Crippen LogP contribution in [0.15, 0.2) is 64.0 Å². The highest BCUT2D eigenvalue weighted by Crippen LogP contribution is 2.14. The normalized spacial score (nSPS) is 10.9. The molecule has 0 aliphatic carbocycles. The van der Waals surface area contributed by atoms with Gasteiger partial charge in [-0.25, -0.2) is 0 Å². The van der Waals surface area contributed by atoms with Gasteiger partial charge in [0.25, 0.3) is 5.91 Å². The number of aliphatic carboxylic acids is 1. The van der Waals surface area contributed by atoms with Crippen LogP contribution in [0.4, 0.5) is 5.69 Å². The minimum absolute atomic E-state index is 0.0276. The van der Waals surface area contributed by atoms with E-state index in [0.717, 1.165) is 5.56 Å². The number of nitrogens with one attached hydrogen (secondary N) is 2. The Kier molecular flexibility index (Phi) is 6.61. The molecule has 0 aliphatic rings. The molecule has 1 heterocycles. The van der Waals surface area contributed by atoms with Gasteiger partial charge in [-0.3, -0.25) is 19.2 Å². The van der Waals surface area contributed by atoms with Crippen LogP contribution in [0.25, 0.3) is 17.0 Å². The topological polar surface area (TPSA) is 126 Å². The second-order valence-corrected chi connectivity index (χ2v) is 6.82. The molecule has 0 saturated heterocycles.